The molecule has 0 aliphatic heterocycles. The van der Waals surface area contributed by atoms with Crippen molar-refractivity contribution in [2.75, 3.05) is 0 Å². The van der Waals surface area contributed by atoms with Gasteiger partial charge < -0.3 is 0 Å². The molecule has 0 saturated carbocycles. The van der Waals surface area contributed by atoms with E-state index in [0.717, 1.165) is 6.07 Å². The molecule has 0 atom stereocenters. The Morgan fingerprint density at radius 1 is 1.31 bits per heavy atom. The molecule has 0 nitrogen and oxygen atoms in total. The molecule has 13 heavy (non-hydrogen) atoms. The van der Waals surface area contributed by atoms with Gasteiger partial charge in [-0.05, 0) is 18.6 Å². The van der Waals surface area contributed by atoms with Gasteiger partial charge in [0.05, 0.1) is 5.56 Å². The molecule has 0 saturated heterocycles. The average molecular weight is 186 g/mol. The van der Waals surface area contributed by atoms with Crippen molar-refractivity contribution >= 4 is 6.08 Å². The fraction of sp³-hybridized carbons (Fsp3) is 0.200. The molecule has 0 spiro atoms. The second-order valence-electron chi connectivity index (χ2n) is 2.79. The Hall–Kier alpha value is -1.25. The number of rotatable bonds is 1. The first-order chi connectivity index (χ1) is 5.95. The van der Waals surface area contributed by atoms with Crippen molar-refractivity contribution in [2.24, 2.45) is 0 Å². The summed E-state index contributed by atoms with van der Waals surface area (Å²) in [7, 11) is 0. The van der Waals surface area contributed by atoms with Crippen LogP contribution in [0.1, 0.15) is 16.7 Å². The van der Waals surface area contributed by atoms with Gasteiger partial charge in [-0.1, -0.05) is 30.4 Å². The number of benzene rings is 1. The summed E-state index contributed by atoms with van der Waals surface area (Å²) in [5.41, 5.74) is 0.0959. The van der Waals surface area contributed by atoms with E-state index in [2.05, 4.69) is 6.58 Å². The van der Waals surface area contributed by atoms with Crippen LogP contribution in [0.5, 0.6) is 0 Å². The third kappa shape index (κ3) is 2.11. The molecule has 0 N–H and O–H groups in total. The van der Waals surface area contributed by atoms with Crippen molar-refractivity contribution in [3.05, 3.63) is 41.5 Å². The zero-order valence-corrected chi connectivity index (χ0v) is 7.15. The highest BCUT2D eigenvalue weighted by Gasteiger charge is 2.32. The van der Waals surface area contributed by atoms with Gasteiger partial charge in [-0.2, -0.15) is 13.2 Å². The minimum atomic E-state index is -4.30. The first kappa shape index (κ1) is 9.84. The van der Waals surface area contributed by atoms with Crippen molar-refractivity contribution in [3.8, 4) is 0 Å². The van der Waals surface area contributed by atoms with Crippen molar-refractivity contribution in [1.82, 2.24) is 0 Å². The van der Waals surface area contributed by atoms with Crippen LogP contribution in [-0.2, 0) is 6.18 Å². The first-order valence-corrected chi connectivity index (χ1v) is 3.75. The van der Waals surface area contributed by atoms with Crippen LogP contribution >= 0.6 is 0 Å². The van der Waals surface area contributed by atoms with E-state index >= 15 is 0 Å². The smallest absolute Gasteiger partial charge is 0.166 e. The van der Waals surface area contributed by atoms with Crippen LogP contribution < -0.4 is 0 Å². The van der Waals surface area contributed by atoms with Crippen LogP contribution in [0.3, 0.4) is 0 Å². The van der Waals surface area contributed by atoms with E-state index in [1.54, 1.807) is 13.0 Å². The lowest BCUT2D eigenvalue weighted by Gasteiger charge is -2.10. The van der Waals surface area contributed by atoms with Gasteiger partial charge in [0, 0.05) is 0 Å². The summed E-state index contributed by atoms with van der Waals surface area (Å²) in [5.74, 6) is 0. The summed E-state index contributed by atoms with van der Waals surface area (Å²) in [4.78, 5) is 0. The lowest BCUT2D eigenvalue weighted by molar-refractivity contribution is -0.137. The fourth-order valence-electron chi connectivity index (χ4n) is 1.09. The summed E-state index contributed by atoms with van der Waals surface area (Å²) in [6.45, 7) is 4.96. The van der Waals surface area contributed by atoms with E-state index in [9.17, 15) is 13.2 Å². The first-order valence-electron chi connectivity index (χ1n) is 3.75. The van der Waals surface area contributed by atoms with Crippen LogP contribution in [0.15, 0.2) is 24.8 Å². The second-order valence-corrected chi connectivity index (χ2v) is 2.79. The summed E-state index contributed by atoms with van der Waals surface area (Å²) in [6, 6.07) is 4.18. The van der Waals surface area contributed by atoms with Gasteiger partial charge in [0.2, 0.25) is 0 Å². The molecule has 0 unspecified atom stereocenters. The predicted molar refractivity (Wildman–Crippen MR) is 46.3 cm³/mol. The molecule has 0 bridgehead atoms. The van der Waals surface area contributed by atoms with E-state index in [0.29, 0.717) is 5.56 Å². The molecule has 1 rings (SSSR count). The summed E-state index contributed by atoms with van der Waals surface area (Å²) >= 11 is 0. The van der Waals surface area contributed by atoms with Gasteiger partial charge >= 0.3 is 6.18 Å². The van der Waals surface area contributed by atoms with Crippen molar-refractivity contribution in [2.45, 2.75) is 13.1 Å². The molecule has 1 aromatic carbocycles. The van der Waals surface area contributed by atoms with Crippen molar-refractivity contribution < 1.29 is 13.2 Å². The Kier molecular flexibility index (Phi) is 2.45. The lowest BCUT2D eigenvalue weighted by Crippen LogP contribution is -2.07. The van der Waals surface area contributed by atoms with Crippen LogP contribution in [0.2, 0.25) is 0 Å². The summed E-state index contributed by atoms with van der Waals surface area (Å²) in [5, 5.41) is 0. The molecule has 0 aliphatic carbocycles. The van der Waals surface area contributed by atoms with Gasteiger partial charge in [0.15, 0.2) is 0 Å². The highest BCUT2D eigenvalue weighted by Crippen LogP contribution is 2.32. The number of hydrogen-bond donors (Lipinski definition) is 0. The predicted octanol–water partition coefficient (Wildman–Crippen LogP) is 3.66. The monoisotopic (exact) mass is 186 g/mol. The quantitative estimate of drug-likeness (QED) is 0.627. The Morgan fingerprint density at radius 3 is 2.38 bits per heavy atom. The minimum Gasteiger partial charge on any atom is -0.166 e. The highest BCUT2D eigenvalue weighted by atomic mass is 19.4. The Labute approximate surface area is 74.7 Å². The third-order valence-electron chi connectivity index (χ3n) is 1.73. The standard InChI is InChI=1S/C10H9F3/c1-3-8-5-4-7(2)6-9(8)10(11,12)13/h3-6H,1H2,2H3. The molecule has 0 aromatic heterocycles. The number of alkyl halides is 3. The number of hydrogen-bond acceptors (Lipinski definition) is 0. The van der Waals surface area contributed by atoms with Gasteiger partial charge in [-0.3, -0.25) is 0 Å². The highest BCUT2D eigenvalue weighted by molar-refractivity contribution is 5.53. The Balaban J connectivity index is 3.32. The molecule has 1 aromatic rings. The molecule has 0 aliphatic rings. The largest absolute Gasteiger partial charge is 0.416 e. The van der Waals surface area contributed by atoms with E-state index in [1.165, 1.54) is 12.1 Å². The second kappa shape index (κ2) is 3.24. The van der Waals surface area contributed by atoms with Crippen molar-refractivity contribution in [3.63, 3.8) is 0 Å². The zero-order chi connectivity index (χ0) is 10.1. The molecule has 3 heteroatoms. The average Bonchev–Trinajstić information content (AvgIpc) is 2.03. The van der Waals surface area contributed by atoms with Crippen LogP contribution in [0.25, 0.3) is 6.08 Å². The number of aryl methyl sites for hydroxylation is 1. The lowest BCUT2D eigenvalue weighted by atomic mass is 10.0. The van der Waals surface area contributed by atoms with Crippen molar-refractivity contribution in [1.29, 1.82) is 0 Å². The van der Waals surface area contributed by atoms with Gasteiger partial charge in [-0.15, -0.1) is 0 Å². The topological polar surface area (TPSA) is 0 Å². The van der Waals surface area contributed by atoms with Gasteiger partial charge in [-0.25, -0.2) is 0 Å². The summed E-state index contributed by atoms with van der Waals surface area (Å²) < 4.78 is 37.1. The maximum absolute atomic E-state index is 12.4. The maximum Gasteiger partial charge on any atom is 0.416 e. The summed E-state index contributed by atoms with van der Waals surface area (Å²) in [6.07, 6.45) is -3.09. The van der Waals surface area contributed by atoms with E-state index < -0.39 is 11.7 Å². The minimum absolute atomic E-state index is 0.123. The molecule has 70 valence electrons. The Morgan fingerprint density at radius 2 is 1.92 bits per heavy atom. The zero-order valence-electron chi connectivity index (χ0n) is 7.15. The maximum atomic E-state index is 12.4. The Bertz CT molecular complexity index is 323. The van der Waals surface area contributed by atoms with E-state index in [1.807, 2.05) is 0 Å². The number of halogens is 3. The molecule has 0 heterocycles. The SMILES string of the molecule is C=Cc1ccc(C)cc1C(F)(F)F. The van der Waals surface area contributed by atoms with E-state index in [-0.39, 0.29) is 5.56 Å². The van der Waals surface area contributed by atoms with Crippen LogP contribution in [0, 0.1) is 6.92 Å². The van der Waals surface area contributed by atoms with E-state index in [4.69, 9.17) is 0 Å². The normalized spacial score (nSPS) is 11.4. The molecule has 0 amide bonds. The molecular weight excluding hydrogens is 177 g/mol. The molecule has 0 radical (unpaired) electrons. The van der Waals surface area contributed by atoms with Gasteiger partial charge in [0.25, 0.3) is 0 Å². The third-order valence-corrected chi connectivity index (χ3v) is 1.73. The van der Waals surface area contributed by atoms with Crippen LogP contribution in [-0.4, -0.2) is 0 Å². The molecular formula is C10H9F3. The fourth-order valence-corrected chi connectivity index (χ4v) is 1.09. The molecule has 0 fully saturated rings. The van der Waals surface area contributed by atoms with Crippen LogP contribution in [0.4, 0.5) is 13.2 Å². The van der Waals surface area contributed by atoms with Gasteiger partial charge in [0.1, 0.15) is 0 Å².